The smallest absolute Gasteiger partial charge is 0.140 e. The third kappa shape index (κ3) is 6.07. The van der Waals surface area contributed by atoms with Crippen molar-refractivity contribution in [2.24, 2.45) is 0 Å². The first kappa shape index (κ1) is 23.1. The summed E-state index contributed by atoms with van der Waals surface area (Å²) >= 11 is 6.16. The predicted molar refractivity (Wildman–Crippen MR) is 111 cm³/mol. The number of aliphatic hydroxyl groups excluding tert-OH is 1. The largest absolute Gasteiger partial charge is 0.396 e. The minimum absolute atomic E-state index is 0.270. The molecule has 0 amide bonds. The van der Waals surface area contributed by atoms with Gasteiger partial charge in [-0.2, -0.15) is 0 Å². The van der Waals surface area contributed by atoms with Gasteiger partial charge >= 0.3 is 0 Å². The Kier molecular flexibility index (Phi) is 9.84. The molecule has 0 atom stereocenters. The van der Waals surface area contributed by atoms with Gasteiger partial charge in [0.1, 0.15) is 5.78 Å². The van der Waals surface area contributed by atoms with Crippen LogP contribution in [0, 0.1) is 6.92 Å². The van der Waals surface area contributed by atoms with Gasteiger partial charge in [0.25, 0.3) is 0 Å². The summed E-state index contributed by atoms with van der Waals surface area (Å²) in [6.45, 7) is 12.7. The van der Waals surface area contributed by atoms with Crippen LogP contribution < -0.4 is 0 Å². The van der Waals surface area contributed by atoms with Gasteiger partial charge in [0.15, 0.2) is 0 Å². The van der Waals surface area contributed by atoms with Crippen molar-refractivity contribution in [3.8, 4) is 0 Å². The predicted octanol–water partition coefficient (Wildman–Crippen LogP) is 5.15. The second-order valence-electron chi connectivity index (χ2n) is 7.66. The summed E-state index contributed by atoms with van der Waals surface area (Å²) in [7, 11) is 0. The molecule has 0 unspecified atom stereocenters. The van der Waals surface area contributed by atoms with Crippen molar-refractivity contribution in [2.45, 2.75) is 78.2 Å². The number of Topliss-reactive ketones (excluding diaryl/α,β-unsaturated/α-hetero) is 1. The fourth-order valence-corrected chi connectivity index (χ4v) is 3.88. The average Bonchev–Trinajstić information content (AvgIpc) is 2.62. The first-order valence-electron chi connectivity index (χ1n) is 9.91. The fourth-order valence-electron chi connectivity index (χ4n) is 3.70. The molecule has 4 heteroatoms. The van der Waals surface area contributed by atoms with E-state index in [0.717, 1.165) is 49.4 Å². The highest BCUT2D eigenvalue weighted by Gasteiger charge is 2.41. The van der Waals surface area contributed by atoms with Crippen LogP contribution in [0.2, 0.25) is 5.02 Å². The van der Waals surface area contributed by atoms with Gasteiger partial charge in [-0.3, -0.25) is 4.79 Å². The standard InChI is InChI=1S/C17H24ClNO.C5H12O/c1-12(2)19-9-7-17(8-10-19,14(4)20)16-11-15(18)6-5-13(16)3;1-2-3-4-5-6/h5-6,11-12H,7-10H2,1-4H3;6H,2-5H2,1H3. The highest BCUT2D eigenvalue weighted by Crippen LogP contribution is 2.39. The number of aryl methyl sites for hydroxylation is 1. The van der Waals surface area contributed by atoms with Crippen LogP contribution >= 0.6 is 11.6 Å². The van der Waals surface area contributed by atoms with Crippen LogP contribution in [0.25, 0.3) is 0 Å². The van der Waals surface area contributed by atoms with Crippen LogP contribution in [0.5, 0.6) is 0 Å². The maximum atomic E-state index is 12.4. The summed E-state index contributed by atoms with van der Waals surface area (Å²) in [4.78, 5) is 14.8. The number of carbonyl (C=O) groups is 1. The van der Waals surface area contributed by atoms with Crippen LogP contribution in [0.1, 0.15) is 70.9 Å². The van der Waals surface area contributed by atoms with Gasteiger partial charge in [0.05, 0.1) is 5.41 Å². The number of piperidine rings is 1. The van der Waals surface area contributed by atoms with E-state index in [-0.39, 0.29) is 11.2 Å². The average molecular weight is 382 g/mol. The van der Waals surface area contributed by atoms with E-state index >= 15 is 0 Å². The van der Waals surface area contributed by atoms with Crippen LogP contribution in [0.4, 0.5) is 0 Å². The number of rotatable bonds is 6. The molecule has 0 aliphatic carbocycles. The highest BCUT2D eigenvalue weighted by molar-refractivity contribution is 6.30. The molecular formula is C22H36ClNO2. The maximum Gasteiger partial charge on any atom is 0.140 e. The van der Waals surface area contributed by atoms with Crippen molar-refractivity contribution >= 4 is 17.4 Å². The monoisotopic (exact) mass is 381 g/mol. The normalized spacial score (nSPS) is 16.9. The fraction of sp³-hybridized carbons (Fsp3) is 0.682. The molecule has 0 bridgehead atoms. The Balaban J connectivity index is 0.000000487. The molecule has 0 saturated carbocycles. The second-order valence-corrected chi connectivity index (χ2v) is 8.09. The van der Waals surface area contributed by atoms with Crippen LogP contribution in [-0.2, 0) is 10.2 Å². The van der Waals surface area contributed by atoms with Gasteiger partial charge < -0.3 is 10.0 Å². The highest BCUT2D eigenvalue weighted by atomic mass is 35.5. The number of hydrogen-bond donors (Lipinski definition) is 1. The number of hydrogen-bond acceptors (Lipinski definition) is 3. The zero-order valence-corrected chi connectivity index (χ0v) is 17.9. The van der Waals surface area contributed by atoms with Crippen molar-refractivity contribution in [3.05, 3.63) is 34.3 Å². The van der Waals surface area contributed by atoms with Gasteiger partial charge in [-0.15, -0.1) is 0 Å². The van der Waals surface area contributed by atoms with Crippen molar-refractivity contribution in [1.82, 2.24) is 4.90 Å². The molecular weight excluding hydrogens is 346 g/mol. The Morgan fingerprint density at radius 3 is 2.31 bits per heavy atom. The lowest BCUT2D eigenvalue weighted by atomic mass is 9.68. The van der Waals surface area contributed by atoms with Crippen LogP contribution in [0.15, 0.2) is 18.2 Å². The van der Waals surface area contributed by atoms with E-state index in [4.69, 9.17) is 16.7 Å². The topological polar surface area (TPSA) is 40.5 Å². The zero-order valence-electron chi connectivity index (χ0n) is 17.1. The van der Waals surface area contributed by atoms with Crippen molar-refractivity contribution in [3.63, 3.8) is 0 Å². The van der Waals surface area contributed by atoms with E-state index in [1.165, 1.54) is 12.0 Å². The van der Waals surface area contributed by atoms with E-state index in [2.05, 4.69) is 32.6 Å². The summed E-state index contributed by atoms with van der Waals surface area (Å²) in [6.07, 6.45) is 5.11. The lowest BCUT2D eigenvalue weighted by Gasteiger charge is -2.42. The van der Waals surface area contributed by atoms with E-state index in [9.17, 15) is 4.79 Å². The summed E-state index contributed by atoms with van der Waals surface area (Å²) < 4.78 is 0. The number of benzene rings is 1. The minimum atomic E-state index is -0.347. The Labute approximate surface area is 164 Å². The molecule has 1 heterocycles. The SMILES string of the molecule is CC(=O)C1(c2cc(Cl)ccc2C)CCN(C(C)C)CC1.CCCCCO. The number of likely N-dealkylation sites (tertiary alicyclic amines) is 1. The van der Waals surface area contributed by atoms with Crippen LogP contribution in [0.3, 0.4) is 0 Å². The number of carbonyl (C=O) groups excluding carboxylic acids is 1. The Morgan fingerprint density at radius 1 is 1.27 bits per heavy atom. The number of aliphatic hydroxyl groups is 1. The summed E-state index contributed by atoms with van der Waals surface area (Å²) in [5.41, 5.74) is 1.95. The third-order valence-electron chi connectivity index (χ3n) is 5.53. The molecule has 1 saturated heterocycles. The summed E-state index contributed by atoms with van der Waals surface area (Å²) in [5.74, 6) is 0.270. The van der Waals surface area contributed by atoms with Gasteiger partial charge in [-0.25, -0.2) is 0 Å². The van der Waals surface area contributed by atoms with Gasteiger partial charge in [-0.05, 0) is 83.3 Å². The minimum Gasteiger partial charge on any atom is -0.396 e. The molecule has 1 aromatic carbocycles. The molecule has 1 N–H and O–H groups in total. The number of halogens is 1. The third-order valence-corrected chi connectivity index (χ3v) is 5.77. The van der Waals surface area contributed by atoms with Gasteiger partial charge in [-0.1, -0.05) is 37.4 Å². The molecule has 1 aliphatic heterocycles. The van der Waals surface area contributed by atoms with E-state index in [1.54, 1.807) is 6.92 Å². The number of ketones is 1. The molecule has 0 spiro atoms. The maximum absolute atomic E-state index is 12.4. The molecule has 0 radical (unpaired) electrons. The number of unbranched alkanes of at least 4 members (excludes halogenated alkanes) is 2. The molecule has 1 aromatic rings. The lowest BCUT2D eigenvalue weighted by molar-refractivity contribution is -0.124. The Morgan fingerprint density at radius 2 is 1.88 bits per heavy atom. The molecule has 1 aliphatic rings. The van der Waals surface area contributed by atoms with Crippen LogP contribution in [-0.4, -0.2) is 41.5 Å². The molecule has 3 nitrogen and oxygen atoms in total. The summed E-state index contributed by atoms with van der Waals surface area (Å²) in [5, 5.41) is 8.92. The van der Waals surface area contributed by atoms with Crippen molar-refractivity contribution < 1.29 is 9.90 Å². The van der Waals surface area contributed by atoms with E-state index < -0.39 is 0 Å². The number of nitrogens with zero attached hydrogens (tertiary/aromatic N) is 1. The molecule has 0 aromatic heterocycles. The Hall–Kier alpha value is -0.900. The van der Waals surface area contributed by atoms with E-state index in [1.807, 2.05) is 18.2 Å². The second kappa shape index (κ2) is 11.1. The van der Waals surface area contributed by atoms with Crippen molar-refractivity contribution in [1.29, 1.82) is 0 Å². The molecule has 26 heavy (non-hydrogen) atoms. The first-order valence-corrected chi connectivity index (χ1v) is 10.3. The quantitative estimate of drug-likeness (QED) is 0.693. The van der Waals surface area contributed by atoms with Gasteiger partial charge in [0, 0.05) is 17.7 Å². The van der Waals surface area contributed by atoms with Crippen molar-refractivity contribution in [2.75, 3.05) is 19.7 Å². The van der Waals surface area contributed by atoms with Gasteiger partial charge in [0.2, 0.25) is 0 Å². The zero-order chi connectivity index (χ0) is 19.7. The molecule has 2 rings (SSSR count). The molecule has 148 valence electrons. The molecule has 1 fully saturated rings. The Bertz CT molecular complexity index is 559. The lowest BCUT2D eigenvalue weighted by Crippen LogP contribution is -2.48. The van der Waals surface area contributed by atoms with E-state index in [0.29, 0.717) is 12.6 Å². The summed E-state index contributed by atoms with van der Waals surface area (Å²) in [6, 6.07) is 6.46. The first-order chi connectivity index (χ1) is 12.3.